The first-order chi connectivity index (χ1) is 11.3. The van der Waals surface area contributed by atoms with Crippen molar-refractivity contribution in [3.8, 4) is 16.3 Å². The Morgan fingerprint density at radius 1 is 1.22 bits per heavy atom. The van der Waals surface area contributed by atoms with Gasteiger partial charge in [-0.15, -0.1) is 10.2 Å². The first kappa shape index (κ1) is 14.6. The van der Waals surface area contributed by atoms with Gasteiger partial charge in [-0.1, -0.05) is 23.5 Å². The van der Waals surface area contributed by atoms with E-state index in [1.807, 2.05) is 28.8 Å². The molecule has 1 aliphatic rings. The van der Waals surface area contributed by atoms with E-state index in [0.29, 0.717) is 0 Å². The molecule has 1 fully saturated rings. The van der Waals surface area contributed by atoms with Crippen LogP contribution in [-0.4, -0.2) is 58.1 Å². The van der Waals surface area contributed by atoms with E-state index in [1.165, 1.54) is 11.3 Å². The smallest absolute Gasteiger partial charge is 0.235 e. The van der Waals surface area contributed by atoms with Crippen LogP contribution in [0.1, 0.15) is 5.82 Å². The van der Waals surface area contributed by atoms with E-state index in [-0.39, 0.29) is 0 Å². The molecule has 3 heterocycles. The van der Waals surface area contributed by atoms with Gasteiger partial charge in [0.05, 0.1) is 32.4 Å². The molecule has 2 aromatic heterocycles. The fourth-order valence-corrected chi connectivity index (χ4v) is 3.53. The third-order valence-electron chi connectivity index (χ3n) is 3.86. The van der Waals surface area contributed by atoms with Gasteiger partial charge in [0.2, 0.25) is 4.96 Å². The maximum Gasteiger partial charge on any atom is 0.235 e. The van der Waals surface area contributed by atoms with Gasteiger partial charge >= 0.3 is 0 Å². The molecule has 0 atom stereocenters. The van der Waals surface area contributed by atoms with Crippen LogP contribution in [0.4, 0.5) is 0 Å². The molecule has 3 aromatic rings. The van der Waals surface area contributed by atoms with E-state index in [0.717, 1.165) is 60.0 Å². The lowest BCUT2D eigenvalue weighted by Crippen LogP contribution is -2.36. The molecular weight excluding hydrogens is 314 g/mol. The highest BCUT2D eigenvalue weighted by Crippen LogP contribution is 2.32. The maximum atomic E-state index is 5.42. The molecule has 0 bridgehead atoms. The van der Waals surface area contributed by atoms with Crippen molar-refractivity contribution in [1.82, 2.24) is 24.7 Å². The van der Waals surface area contributed by atoms with Crippen LogP contribution in [0.25, 0.3) is 15.5 Å². The van der Waals surface area contributed by atoms with Crippen LogP contribution in [-0.2, 0) is 11.3 Å². The van der Waals surface area contributed by atoms with Gasteiger partial charge < -0.3 is 9.47 Å². The number of fused-ring (bicyclic) bond motifs is 1. The number of para-hydroxylation sites is 1. The largest absolute Gasteiger partial charge is 0.496 e. The highest BCUT2D eigenvalue weighted by Gasteiger charge is 2.18. The lowest BCUT2D eigenvalue weighted by Gasteiger charge is -2.25. The second-order valence-corrected chi connectivity index (χ2v) is 6.26. The van der Waals surface area contributed by atoms with Gasteiger partial charge in [0.25, 0.3) is 0 Å². The summed E-state index contributed by atoms with van der Waals surface area (Å²) in [5, 5.41) is 14.1. The monoisotopic (exact) mass is 331 g/mol. The average Bonchev–Trinajstić information content (AvgIpc) is 3.18. The topological polar surface area (TPSA) is 64.8 Å². The van der Waals surface area contributed by atoms with E-state index in [1.54, 1.807) is 7.11 Å². The standard InChI is InChI=1S/C15H17N5O2S/c1-21-12-5-3-2-4-11(12)14-18-20-13(16-17-15(20)23-14)10-19-6-8-22-9-7-19/h2-5H,6-10H2,1H3. The summed E-state index contributed by atoms with van der Waals surface area (Å²) in [6.45, 7) is 4.10. The molecule has 0 unspecified atom stereocenters. The lowest BCUT2D eigenvalue weighted by atomic mass is 10.2. The van der Waals surface area contributed by atoms with Crippen LogP contribution in [0.15, 0.2) is 24.3 Å². The van der Waals surface area contributed by atoms with Crippen molar-refractivity contribution >= 4 is 16.3 Å². The van der Waals surface area contributed by atoms with Gasteiger partial charge in [-0.25, -0.2) is 0 Å². The van der Waals surface area contributed by atoms with E-state index in [2.05, 4.69) is 20.2 Å². The fourth-order valence-electron chi connectivity index (χ4n) is 2.65. The van der Waals surface area contributed by atoms with Gasteiger partial charge in [0.1, 0.15) is 5.75 Å². The van der Waals surface area contributed by atoms with Crippen LogP contribution in [0, 0.1) is 0 Å². The first-order valence-electron chi connectivity index (χ1n) is 7.50. The Morgan fingerprint density at radius 2 is 2.04 bits per heavy atom. The Hall–Kier alpha value is -2.03. The second kappa shape index (κ2) is 6.23. The van der Waals surface area contributed by atoms with Gasteiger partial charge in [-0.3, -0.25) is 4.90 Å². The Morgan fingerprint density at radius 3 is 2.87 bits per heavy atom. The summed E-state index contributed by atoms with van der Waals surface area (Å²) in [4.78, 5) is 3.11. The minimum atomic E-state index is 0.736. The van der Waals surface area contributed by atoms with Crippen molar-refractivity contribution in [2.45, 2.75) is 6.54 Å². The fraction of sp³-hybridized carbons (Fsp3) is 0.400. The number of nitrogens with zero attached hydrogens (tertiary/aromatic N) is 5. The van der Waals surface area contributed by atoms with Crippen LogP contribution in [0.3, 0.4) is 0 Å². The third kappa shape index (κ3) is 2.80. The molecule has 1 aliphatic heterocycles. The number of aromatic nitrogens is 4. The number of rotatable bonds is 4. The summed E-state index contributed by atoms with van der Waals surface area (Å²) >= 11 is 1.52. The molecule has 7 nitrogen and oxygen atoms in total. The summed E-state index contributed by atoms with van der Waals surface area (Å²) in [6, 6.07) is 7.87. The SMILES string of the molecule is COc1ccccc1-c1nn2c(CN3CCOCC3)nnc2s1. The van der Waals surface area contributed by atoms with Gasteiger partial charge in [0.15, 0.2) is 10.8 Å². The minimum absolute atomic E-state index is 0.736. The van der Waals surface area contributed by atoms with Gasteiger partial charge in [-0.05, 0) is 12.1 Å². The van der Waals surface area contributed by atoms with Crippen LogP contribution < -0.4 is 4.74 Å². The van der Waals surface area contributed by atoms with E-state index >= 15 is 0 Å². The maximum absolute atomic E-state index is 5.42. The van der Waals surface area contributed by atoms with Crippen LogP contribution in [0.2, 0.25) is 0 Å². The molecule has 0 spiro atoms. The Labute approximate surface area is 137 Å². The van der Waals surface area contributed by atoms with Gasteiger partial charge in [0, 0.05) is 13.1 Å². The molecule has 0 aliphatic carbocycles. The highest BCUT2D eigenvalue weighted by molar-refractivity contribution is 7.19. The summed E-state index contributed by atoms with van der Waals surface area (Å²) in [7, 11) is 1.67. The molecule has 0 saturated carbocycles. The van der Waals surface area contributed by atoms with E-state index in [9.17, 15) is 0 Å². The second-order valence-electron chi connectivity index (χ2n) is 5.31. The molecule has 120 valence electrons. The van der Waals surface area contributed by atoms with Crippen molar-refractivity contribution in [2.24, 2.45) is 0 Å². The predicted molar refractivity (Wildman–Crippen MR) is 86.7 cm³/mol. The molecule has 8 heteroatoms. The number of methoxy groups -OCH3 is 1. The normalized spacial score (nSPS) is 16.0. The molecule has 0 radical (unpaired) electrons. The summed E-state index contributed by atoms with van der Waals surface area (Å²) in [5.74, 6) is 1.67. The van der Waals surface area contributed by atoms with Crippen LogP contribution in [0.5, 0.6) is 5.75 Å². The van der Waals surface area contributed by atoms with Gasteiger partial charge in [-0.2, -0.15) is 9.61 Å². The third-order valence-corrected chi connectivity index (χ3v) is 4.79. The first-order valence-corrected chi connectivity index (χ1v) is 8.31. The molecule has 23 heavy (non-hydrogen) atoms. The highest BCUT2D eigenvalue weighted by atomic mass is 32.1. The van der Waals surface area contributed by atoms with Crippen molar-refractivity contribution in [1.29, 1.82) is 0 Å². The summed E-state index contributed by atoms with van der Waals surface area (Å²) in [5.41, 5.74) is 0.975. The molecular formula is C15H17N5O2S. The zero-order valence-electron chi connectivity index (χ0n) is 12.8. The summed E-state index contributed by atoms with van der Waals surface area (Å²) < 4.78 is 12.6. The predicted octanol–water partition coefficient (Wildman–Crippen LogP) is 1.69. The molecule has 0 amide bonds. The average molecular weight is 331 g/mol. The van der Waals surface area contributed by atoms with Crippen molar-refractivity contribution in [3.63, 3.8) is 0 Å². The van der Waals surface area contributed by atoms with Crippen molar-refractivity contribution in [2.75, 3.05) is 33.4 Å². The minimum Gasteiger partial charge on any atom is -0.496 e. The van der Waals surface area contributed by atoms with Crippen LogP contribution >= 0.6 is 11.3 Å². The number of ether oxygens (including phenoxy) is 2. The van der Waals surface area contributed by atoms with E-state index in [4.69, 9.17) is 9.47 Å². The number of morpholine rings is 1. The number of benzene rings is 1. The van der Waals surface area contributed by atoms with Crippen molar-refractivity contribution < 1.29 is 9.47 Å². The lowest BCUT2D eigenvalue weighted by molar-refractivity contribution is 0.0328. The number of hydrogen-bond acceptors (Lipinski definition) is 7. The Bertz CT molecular complexity index is 809. The Balaban J connectivity index is 1.66. The Kier molecular flexibility index (Phi) is 3.94. The van der Waals surface area contributed by atoms with E-state index < -0.39 is 0 Å². The molecule has 1 aromatic carbocycles. The molecule has 0 N–H and O–H groups in total. The molecule has 4 rings (SSSR count). The zero-order valence-corrected chi connectivity index (χ0v) is 13.6. The van der Waals surface area contributed by atoms with Crippen molar-refractivity contribution in [3.05, 3.63) is 30.1 Å². The molecule has 1 saturated heterocycles. The zero-order chi connectivity index (χ0) is 15.6. The quantitative estimate of drug-likeness (QED) is 0.725. The summed E-state index contributed by atoms with van der Waals surface area (Å²) in [6.07, 6.45) is 0. The number of hydrogen-bond donors (Lipinski definition) is 0.